The van der Waals surface area contributed by atoms with Crippen LogP contribution in [0.4, 0.5) is 5.69 Å². The first-order chi connectivity index (χ1) is 8.87. The Morgan fingerprint density at radius 3 is 2.47 bits per heavy atom. The molecular weight excluding hydrogens is 262 g/mol. The van der Waals surface area contributed by atoms with Gasteiger partial charge in [-0.05, 0) is 37.1 Å². The van der Waals surface area contributed by atoms with E-state index >= 15 is 0 Å². The van der Waals surface area contributed by atoms with Crippen LogP contribution in [0.15, 0.2) is 24.3 Å². The fraction of sp³-hybridized carbons (Fsp3) is 0.429. The van der Waals surface area contributed by atoms with Crippen LogP contribution in [0.5, 0.6) is 0 Å². The number of anilines is 1. The van der Waals surface area contributed by atoms with Crippen molar-refractivity contribution in [3.8, 4) is 6.07 Å². The van der Waals surface area contributed by atoms with Crippen molar-refractivity contribution >= 4 is 23.2 Å². The van der Waals surface area contributed by atoms with Crippen molar-refractivity contribution in [3.05, 3.63) is 29.3 Å². The van der Waals surface area contributed by atoms with E-state index in [9.17, 15) is 4.79 Å². The maximum Gasteiger partial charge on any atom is 0.240 e. The quantitative estimate of drug-likeness (QED) is 0.871. The second kappa shape index (κ2) is 6.44. The lowest BCUT2D eigenvalue weighted by molar-refractivity contribution is -0.121. The van der Waals surface area contributed by atoms with Crippen LogP contribution in [0.3, 0.4) is 0 Å². The van der Waals surface area contributed by atoms with Gasteiger partial charge in [-0.25, -0.2) is 0 Å². The van der Waals surface area contributed by atoms with Crippen molar-refractivity contribution in [2.24, 2.45) is 5.92 Å². The van der Waals surface area contributed by atoms with Gasteiger partial charge in [0.1, 0.15) is 5.54 Å². The molecule has 5 heteroatoms. The fourth-order valence-electron chi connectivity index (χ4n) is 1.39. The van der Waals surface area contributed by atoms with Crippen LogP contribution in [-0.2, 0) is 4.79 Å². The number of nitriles is 1. The molecule has 1 rings (SSSR count). The molecular formula is C14H18ClN3O. The minimum absolute atomic E-state index is 0.0389. The van der Waals surface area contributed by atoms with Crippen LogP contribution in [0, 0.1) is 17.2 Å². The van der Waals surface area contributed by atoms with Gasteiger partial charge in [-0.2, -0.15) is 5.26 Å². The molecule has 1 aromatic carbocycles. The third-order valence-electron chi connectivity index (χ3n) is 3.08. The average Bonchev–Trinajstić information content (AvgIpc) is 2.37. The van der Waals surface area contributed by atoms with E-state index in [-0.39, 0.29) is 18.4 Å². The molecule has 0 fully saturated rings. The van der Waals surface area contributed by atoms with Gasteiger partial charge in [-0.15, -0.1) is 0 Å². The zero-order chi connectivity index (χ0) is 14.5. The maximum atomic E-state index is 11.8. The molecule has 0 heterocycles. The Kier molecular flexibility index (Phi) is 5.20. The third kappa shape index (κ3) is 4.46. The van der Waals surface area contributed by atoms with E-state index in [0.29, 0.717) is 5.02 Å². The summed E-state index contributed by atoms with van der Waals surface area (Å²) in [6.45, 7) is 5.63. The van der Waals surface area contributed by atoms with Gasteiger partial charge >= 0.3 is 0 Å². The summed E-state index contributed by atoms with van der Waals surface area (Å²) in [6, 6.07) is 9.21. The molecule has 0 radical (unpaired) electrons. The largest absolute Gasteiger partial charge is 0.376 e. The Labute approximate surface area is 118 Å². The zero-order valence-electron chi connectivity index (χ0n) is 11.3. The van der Waals surface area contributed by atoms with Crippen molar-refractivity contribution in [2.75, 3.05) is 11.9 Å². The molecule has 1 unspecified atom stereocenters. The lowest BCUT2D eigenvalue weighted by atomic mass is 9.90. The van der Waals surface area contributed by atoms with Gasteiger partial charge < -0.3 is 10.6 Å². The van der Waals surface area contributed by atoms with Gasteiger partial charge in [0.05, 0.1) is 12.6 Å². The number of amides is 1. The van der Waals surface area contributed by atoms with Gasteiger partial charge in [-0.1, -0.05) is 25.4 Å². The van der Waals surface area contributed by atoms with E-state index in [2.05, 4.69) is 16.7 Å². The molecule has 0 aliphatic heterocycles. The van der Waals surface area contributed by atoms with Gasteiger partial charge in [0.2, 0.25) is 5.91 Å². The van der Waals surface area contributed by atoms with Crippen LogP contribution in [0.25, 0.3) is 0 Å². The van der Waals surface area contributed by atoms with Gasteiger partial charge in [0.25, 0.3) is 0 Å². The smallest absolute Gasteiger partial charge is 0.240 e. The van der Waals surface area contributed by atoms with Gasteiger partial charge in [-0.3, -0.25) is 4.79 Å². The molecule has 0 aromatic heterocycles. The second-order valence-corrected chi connectivity index (χ2v) is 5.31. The van der Waals surface area contributed by atoms with E-state index in [1.165, 1.54) is 0 Å². The Bertz CT molecular complexity index is 478. The van der Waals surface area contributed by atoms with E-state index in [1.54, 1.807) is 31.2 Å². The molecule has 19 heavy (non-hydrogen) atoms. The van der Waals surface area contributed by atoms with Gasteiger partial charge in [0, 0.05) is 10.7 Å². The molecule has 1 amide bonds. The maximum absolute atomic E-state index is 11.8. The number of benzene rings is 1. The molecule has 0 saturated carbocycles. The highest BCUT2D eigenvalue weighted by atomic mass is 35.5. The van der Waals surface area contributed by atoms with Crippen molar-refractivity contribution in [2.45, 2.75) is 26.3 Å². The molecule has 0 bridgehead atoms. The minimum atomic E-state index is -0.848. The highest BCUT2D eigenvalue weighted by Crippen LogP contribution is 2.15. The molecule has 2 N–H and O–H groups in total. The second-order valence-electron chi connectivity index (χ2n) is 4.88. The molecule has 4 nitrogen and oxygen atoms in total. The van der Waals surface area contributed by atoms with E-state index < -0.39 is 5.54 Å². The lowest BCUT2D eigenvalue weighted by Gasteiger charge is -2.27. The Morgan fingerprint density at radius 2 is 2.00 bits per heavy atom. The first kappa shape index (κ1) is 15.3. The minimum Gasteiger partial charge on any atom is -0.376 e. The van der Waals surface area contributed by atoms with Gasteiger partial charge in [0.15, 0.2) is 0 Å². The van der Waals surface area contributed by atoms with E-state index in [0.717, 1.165) is 5.69 Å². The standard InChI is InChI=1S/C14H18ClN3O/c1-10(2)14(3,9-16)18-13(19)8-17-12-6-4-11(15)5-7-12/h4-7,10,17H,8H2,1-3H3,(H,18,19). The number of nitrogens with one attached hydrogen (secondary N) is 2. The number of halogens is 1. The summed E-state index contributed by atoms with van der Waals surface area (Å²) in [4.78, 5) is 11.8. The number of rotatable bonds is 5. The molecule has 0 saturated heterocycles. The van der Waals surface area contributed by atoms with Crippen LogP contribution >= 0.6 is 11.6 Å². The highest BCUT2D eigenvalue weighted by molar-refractivity contribution is 6.30. The number of nitrogens with zero attached hydrogens (tertiary/aromatic N) is 1. The monoisotopic (exact) mass is 279 g/mol. The van der Waals surface area contributed by atoms with Crippen LogP contribution < -0.4 is 10.6 Å². The molecule has 0 aliphatic rings. The summed E-state index contributed by atoms with van der Waals surface area (Å²) in [5, 5.41) is 15.5. The van der Waals surface area contributed by atoms with Crippen molar-refractivity contribution < 1.29 is 4.79 Å². The number of carbonyl (C=O) groups is 1. The predicted octanol–water partition coefficient (Wildman–Crippen LogP) is 2.81. The average molecular weight is 280 g/mol. The lowest BCUT2D eigenvalue weighted by Crippen LogP contribution is -2.50. The summed E-state index contributed by atoms with van der Waals surface area (Å²) < 4.78 is 0. The summed E-state index contributed by atoms with van der Waals surface area (Å²) in [5.74, 6) is -0.176. The summed E-state index contributed by atoms with van der Waals surface area (Å²) >= 11 is 5.77. The summed E-state index contributed by atoms with van der Waals surface area (Å²) in [7, 11) is 0. The van der Waals surface area contributed by atoms with Crippen molar-refractivity contribution in [1.29, 1.82) is 5.26 Å². The zero-order valence-corrected chi connectivity index (χ0v) is 12.1. The number of hydrogen-bond donors (Lipinski definition) is 2. The van der Waals surface area contributed by atoms with Crippen LogP contribution in [0.1, 0.15) is 20.8 Å². The topological polar surface area (TPSA) is 64.9 Å². The van der Waals surface area contributed by atoms with E-state index in [1.807, 2.05) is 13.8 Å². The van der Waals surface area contributed by atoms with Crippen molar-refractivity contribution in [3.63, 3.8) is 0 Å². The highest BCUT2D eigenvalue weighted by Gasteiger charge is 2.29. The Morgan fingerprint density at radius 1 is 1.42 bits per heavy atom. The normalized spacial score (nSPS) is 13.5. The third-order valence-corrected chi connectivity index (χ3v) is 3.34. The summed E-state index contributed by atoms with van der Waals surface area (Å²) in [5.41, 5.74) is -0.0403. The number of carbonyl (C=O) groups excluding carboxylic acids is 1. The predicted molar refractivity (Wildman–Crippen MR) is 76.9 cm³/mol. The van der Waals surface area contributed by atoms with E-state index in [4.69, 9.17) is 16.9 Å². The SMILES string of the molecule is CC(C)C(C)(C#N)NC(=O)CNc1ccc(Cl)cc1. The van der Waals surface area contributed by atoms with Crippen LogP contribution in [-0.4, -0.2) is 18.0 Å². The van der Waals surface area contributed by atoms with Crippen molar-refractivity contribution in [1.82, 2.24) is 5.32 Å². The van der Waals surface area contributed by atoms with Crippen LogP contribution in [0.2, 0.25) is 5.02 Å². The first-order valence-electron chi connectivity index (χ1n) is 6.09. The molecule has 0 aliphatic carbocycles. The summed E-state index contributed by atoms with van der Waals surface area (Å²) in [6.07, 6.45) is 0. The molecule has 1 aromatic rings. The number of hydrogen-bond acceptors (Lipinski definition) is 3. The first-order valence-corrected chi connectivity index (χ1v) is 6.47. The molecule has 1 atom stereocenters. The molecule has 0 spiro atoms. The fourth-order valence-corrected chi connectivity index (χ4v) is 1.51. The molecule has 102 valence electrons. The Hall–Kier alpha value is -1.73. The Balaban J connectivity index is 2.53.